The zero-order valence-electron chi connectivity index (χ0n) is 16.2. The molecule has 2 N–H and O–H groups in total. The van der Waals surface area contributed by atoms with Crippen LogP contribution in [-0.2, 0) is 21.4 Å². The second-order valence-corrected chi connectivity index (χ2v) is 8.38. The first-order valence-corrected chi connectivity index (χ1v) is 10.5. The predicted octanol–water partition coefficient (Wildman–Crippen LogP) is 4.03. The molecule has 0 spiro atoms. The van der Waals surface area contributed by atoms with Crippen molar-refractivity contribution in [3.05, 3.63) is 89.4 Å². The minimum absolute atomic E-state index is 0.0789. The zero-order chi connectivity index (χ0) is 20.9. The van der Waals surface area contributed by atoms with Gasteiger partial charge in [-0.15, -0.1) is 0 Å². The molecular weight excluding hydrogens is 388 g/mol. The molecule has 0 aliphatic carbocycles. The lowest BCUT2D eigenvalue weighted by molar-refractivity contribution is -0.111. The van der Waals surface area contributed by atoms with Crippen molar-refractivity contribution in [3.63, 3.8) is 0 Å². The van der Waals surface area contributed by atoms with Gasteiger partial charge in [0.15, 0.2) is 0 Å². The van der Waals surface area contributed by atoms with E-state index in [4.69, 9.17) is 4.42 Å². The molecule has 1 heterocycles. The number of nitrogens with one attached hydrogen (secondary N) is 2. The monoisotopic (exact) mass is 410 g/mol. The quantitative estimate of drug-likeness (QED) is 0.576. The number of amides is 1. The summed E-state index contributed by atoms with van der Waals surface area (Å²) in [7, 11) is -3.65. The van der Waals surface area contributed by atoms with Crippen molar-refractivity contribution < 1.29 is 17.6 Å². The lowest BCUT2D eigenvalue weighted by Gasteiger charge is -2.07. The maximum absolute atomic E-state index is 12.3. The molecule has 0 radical (unpaired) electrons. The Labute approximate surface area is 170 Å². The van der Waals surface area contributed by atoms with Crippen LogP contribution in [0.2, 0.25) is 0 Å². The fourth-order valence-corrected chi connectivity index (χ4v) is 3.63. The van der Waals surface area contributed by atoms with Gasteiger partial charge in [0.2, 0.25) is 15.9 Å². The molecule has 3 rings (SSSR count). The average Bonchev–Trinajstić information content (AvgIpc) is 3.22. The molecule has 0 bridgehead atoms. The second-order valence-electron chi connectivity index (χ2n) is 6.61. The van der Waals surface area contributed by atoms with Crippen LogP contribution in [0.3, 0.4) is 0 Å². The Morgan fingerprint density at radius 1 is 1.07 bits per heavy atom. The average molecular weight is 410 g/mol. The Kier molecular flexibility index (Phi) is 6.31. The SMILES string of the molecule is Cc1ccc(C)c(NC(=O)/C=C/c2ccc(S(=O)(=O)NCc3ccco3)cc2)c1. The van der Waals surface area contributed by atoms with Crippen LogP contribution in [0, 0.1) is 13.8 Å². The van der Waals surface area contributed by atoms with Crippen LogP contribution in [0.15, 0.2) is 76.2 Å². The van der Waals surface area contributed by atoms with Crippen LogP contribution in [0.5, 0.6) is 0 Å². The van der Waals surface area contributed by atoms with Gasteiger partial charge in [-0.25, -0.2) is 13.1 Å². The van der Waals surface area contributed by atoms with Gasteiger partial charge in [0, 0.05) is 11.8 Å². The van der Waals surface area contributed by atoms with Crippen LogP contribution in [0.4, 0.5) is 5.69 Å². The van der Waals surface area contributed by atoms with Crippen molar-refractivity contribution in [2.75, 3.05) is 5.32 Å². The van der Waals surface area contributed by atoms with E-state index in [0.717, 1.165) is 16.8 Å². The number of furan rings is 1. The molecule has 0 fully saturated rings. The first-order chi connectivity index (χ1) is 13.8. The van der Waals surface area contributed by atoms with Crippen LogP contribution < -0.4 is 10.0 Å². The first kappa shape index (κ1) is 20.6. The molecule has 2 aromatic carbocycles. The van der Waals surface area contributed by atoms with Crippen LogP contribution in [0.25, 0.3) is 6.08 Å². The minimum Gasteiger partial charge on any atom is -0.468 e. The molecule has 3 aromatic rings. The summed E-state index contributed by atoms with van der Waals surface area (Å²) >= 11 is 0. The van der Waals surface area contributed by atoms with Crippen LogP contribution >= 0.6 is 0 Å². The summed E-state index contributed by atoms with van der Waals surface area (Å²) in [6.45, 7) is 3.97. The predicted molar refractivity (Wildman–Crippen MR) is 113 cm³/mol. The number of carbonyl (C=O) groups excluding carboxylic acids is 1. The Balaban J connectivity index is 1.62. The Hall–Kier alpha value is -3.16. The van der Waals surface area contributed by atoms with Gasteiger partial charge < -0.3 is 9.73 Å². The number of aryl methyl sites for hydroxylation is 2. The van der Waals surface area contributed by atoms with E-state index >= 15 is 0 Å². The van der Waals surface area contributed by atoms with Crippen molar-refractivity contribution >= 4 is 27.7 Å². The zero-order valence-corrected chi connectivity index (χ0v) is 17.0. The summed E-state index contributed by atoms with van der Waals surface area (Å²) in [6, 6.07) is 15.5. The Morgan fingerprint density at radius 3 is 2.52 bits per heavy atom. The smallest absolute Gasteiger partial charge is 0.248 e. The van der Waals surface area contributed by atoms with E-state index in [1.807, 2.05) is 32.0 Å². The number of hydrogen-bond acceptors (Lipinski definition) is 4. The second kappa shape index (κ2) is 8.89. The maximum Gasteiger partial charge on any atom is 0.248 e. The highest BCUT2D eigenvalue weighted by Gasteiger charge is 2.14. The molecule has 0 aliphatic rings. The van der Waals surface area contributed by atoms with Gasteiger partial charge >= 0.3 is 0 Å². The molecule has 1 amide bonds. The van der Waals surface area contributed by atoms with E-state index in [-0.39, 0.29) is 17.3 Å². The van der Waals surface area contributed by atoms with Crippen molar-refractivity contribution in [1.29, 1.82) is 0 Å². The summed E-state index contributed by atoms with van der Waals surface area (Å²) in [5, 5.41) is 2.85. The van der Waals surface area contributed by atoms with Gasteiger partial charge in [-0.05, 0) is 66.9 Å². The number of rotatable bonds is 7. The Morgan fingerprint density at radius 2 is 1.83 bits per heavy atom. The van der Waals surface area contributed by atoms with Gasteiger partial charge in [-0.2, -0.15) is 0 Å². The normalized spacial score (nSPS) is 11.7. The topological polar surface area (TPSA) is 88.4 Å². The van der Waals surface area contributed by atoms with Crippen molar-refractivity contribution in [3.8, 4) is 0 Å². The maximum atomic E-state index is 12.3. The molecule has 1 aromatic heterocycles. The first-order valence-electron chi connectivity index (χ1n) is 9.02. The van der Waals surface area contributed by atoms with E-state index in [1.165, 1.54) is 24.5 Å². The summed E-state index contributed by atoms with van der Waals surface area (Å²) in [5.41, 5.74) is 3.52. The summed E-state index contributed by atoms with van der Waals surface area (Å²) in [4.78, 5) is 12.3. The van der Waals surface area contributed by atoms with Crippen molar-refractivity contribution in [2.24, 2.45) is 0 Å². The van der Waals surface area contributed by atoms with Crippen LogP contribution in [-0.4, -0.2) is 14.3 Å². The van der Waals surface area contributed by atoms with E-state index in [0.29, 0.717) is 11.3 Å². The number of anilines is 1. The molecule has 29 heavy (non-hydrogen) atoms. The molecular formula is C22H22N2O4S. The number of sulfonamides is 1. The third-order valence-corrected chi connectivity index (χ3v) is 5.70. The molecule has 150 valence electrons. The molecule has 7 heteroatoms. The molecule has 0 saturated heterocycles. The van der Waals surface area contributed by atoms with E-state index in [2.05, 4.69) is 10.0 Å². The van der Waals surface area contributed by atoms with Gasteiger partial charge in [-0.1, -0.05) is 24.3 Å². The minimum atomic E-state index is -3.65. The Bertz CT molecular complexity index is 1120. The van der Waals surface area contributed by atoms with Gasteiger partial charge in [0.25, 0.3) is 0 Å². The highest BCUT2D eigenvalue weighted by molar-refractivity contribution is 7.89. The summed E-state index contributed by atoms with van der Waals surface area (Å²) in [6.07, 6.45) is 4.54. The van der Waals surface area contributed by atoms with E-state index in [9.17, 15) is 13.2 Å². The molecule has 0 unspecified atom stereocenters. The van der Waals surface area contributed by atoms with Gasteiger partial charge in [0.1, 0.15) is 5.76 Å². The van der Waals surface area contributed by atoms with Gasteiger partial charge in [0.05, 0.1) is 17.7 Å². The highest BCUT2D eigenvalue weighted by Crippen LogP contribution is 2.17. The highest BCUT2D eigenvalue weighted by atomic mass is 32.2. The molecule has 0 saturated carbocycles. The van der Waals surface area contributed by atoms with E-state index < -0.39 is 10.0 Å². The summed E-state index contributed by atoms with van der Waals surface area (Å²) < 4.78 is 32.3. The third-order valence-electron chi connectivity index (χ3n) is 4.29. The van der Waals surface area contributed by atoms with Crippen LogP contribution in [0.1, 0.15) is 22.5 Å². The number of carbonyl (C=O) groups is 1. The lowest BCUT2D eigenvalue weighted by Crippen LogP contribution is -2.22. The fraction of sp³-hybridized carbons (Fsp3) is 0.136. The van der Waals surface area contributed by atoms with Crippen molar-refractivity contribution in [1.82, 2.24) is 4.72 Å². The van der Waals surface area contributed by atoms with Gasteiger partial charge in [-0.3, -0.25) is 4.79 Å². The lowest BCUT2D eigenvalue weighted by atomic mass is 10.1. The summed E-state index contributed by atoms with van der Waals surface area (Å²) in [5.74, 6) is 0.276. The van der Waals surface area contributed by atoms with E-state index in [1.54, 1.807) is 30.3 Å². The molecule has 0 aliphatic heterocycles. The van der Waals surface area contributed by atoms with Crippen molar-refractivity contribution in [2.45, 2.75) is 25.3 Å². The molecule has 0 atom stereocenters. The fourth-order valence-electron chi connectivity index (χ4n) is 2.64. The number of hydrogen-bond donors (Lipinski definition) is 2. The standard InChI is InChI=1S/C22H22N2O4S/c1-16-5-6-17(2)21(14-16)24-22(25)12-9-18-7-10-20(11-8-18)29(26,27)23-15-19-4-3-13-28-19/h3-14,23H,15H2,1-2H3,(H,24,25)/b12-9+. The number of benzene rings is 2. The largest absolute Gasteiger partial charge is 0.468 e. The third kappa shape index (κ3) is 5.66. The molecule has 6 nitrogen and oxygen atoms in total.